The highest BCUT2D eigenvalue weighted by Gasteiger charge is 2.20. The Bertz CT molecular complexity index is 2730. The summed E-state index contributed by atoms with van der Waals surface area (Å²) in [6.45, 7) is 0. The lowest BCUT2D eigenvalue weighted by atomic mass is 10.0. The summed E-state index contributed by atoms with van der Waals surface area (Å²) in [5.41, 5.74) is 13.3. The van der Waals surface area contributed by atoms with E-state index in [4.69, 9.17) is 4.42 Å². The minimum absolute atomic E-state index is 0.897. The monoisotopic (exact) mass is 652 g/mol. The number of hydrogen-bond acceptors (Lipinski definition) is 2. The molecular weight excluding hydrogens is 621 g/mol. The van der Waals surface area contributed by atoms with Crippen molar-refractivity contribution in [3.63, 3.8) is 0 Å². The van der Waals surface area contributed by atoms with Gasteiger partial charge in [-0.15, -0.1) is 0 Å². The van der Waals surface area contributed by atoms with Crippen molar-refractivity contribution in [2.24, 2.45) is 0 Å². The maximum absolute atomic E-state index is 6.35. The second-order valence-corrected chi connectivity index (χ2v) is 13.0. The molecule has 0 aliphatic rings. The molecule has 240 valence electrons. The summed E-state index contributed by atoms with van der Waals surface area (Å²) in [5, 5.41) is 4.71. The number of fused-ring (bicyclic) bond motifs is 7. The summed E-state index contributed by atoms with van der Waals surface area (Å²) in [5.74, 6) is 0. The standard InChI is InChI=1S/C48H32N2O/c1-3-11-33(12-4-1)35-19-23-37(24-20-35)49(38-25-21-36(22-26-38)34-13-5-2-6-14-34)39-27-29-40(30-28-39)50-44-17-9-7-15-41(44)42-31-32-46-47(48(42)50)43-16-8-10-18-45(43)51-46/h1-32H. The van der Waals surface area contributed by atoms with Crippen LogP contribution in [0.2, 0.25) is 0 Å². The smallest absolute Gasteiger partial charge is 0.137 e. The molecule has 3 nitrogen and oxygen atoms in total. The Morgan fingerprint density at radius 2 is 0.843 bits per heavy atom. The van der Waals surface area contributed by atoms with Crippen LogP contribution in [0.4, 0.5) is 17.1 Å². The first-order valence-electron chi connectivity index (χ1n) is 17.4. The zero-order chi connectivity index (χ0) is 33.7. The fourth-order valence-electron chi connectivity index (χ4n) is 7.60. The molecule has 10 rings (SSSR count). The molecule has 0 N–H and O–H groups in total. The van der Waals surface area contributed by atoms with Crippen molar-refractivity contribution in [3.05, 3.63) is 194 Å². The third-order valence-electron chi connectivity index (χ3n) is 10.0. The van der Waals surface area contributed by atoms with E-state index in [2.05, 4.69) is 198 Å². The molecule has 0 aliphatic heterocycles. The van der Waals surface area contributed by atoms with E-state index in [-0.39, 0.29) is 0 Å². The van der Waals surface area contributed by atoms with Gasteiger partial charge in [0, 0.05) is 38.9 Å². The lowest BCUT2D eigenvalue weighted by Crippen LogP contribution is -2.10. The van der Waals surface area contributed by atoms with Gasteiger partial charge in [-0.25, -0.2) is 0 Å². The quantitative estimate of drug-likeness (QED) is 0.178. The number of benzene rings is 8. The molecule has 10 aromatic rings. The van der Waals surface area contributed by atoms with Crippen molar-refractivity contribution in [1.82, 2.24) is 4.57 Å². The highest BCUT2D eigenvalue weighted by molar-refractivity contribution is 6.24. The van der Waals surface area contributed by atoms with Gasteiger partial charge in [-0.2, -0.15) is 0 Å². The molecule has 0 bridgehead atoms. The van der Waals surface area contributed by atoms with Gasteiger partial charge in [-0.3, -0.25) is 0 Å². The van der Waals surface area contributed by atoms with Crippen LogP contribution >= 0.6 is 0 Å². The van der Waals surface area contributed by atoms with Gasteiger partial charge < -0.3 is 13.9 Å². The predicted molar refractivity (Wildman–Crippen MR) is 214 cm³/mol. The molecule has 0 spiro atoms. The number of aromatic nitrogens is 1. The molecule has 2 heterocycles. The lowest BCUT2D eigenvalue weighted by molar-refractivity contribution is 0.669. The second-order valence-electron chi connectivity index (χ2n) is 13.0. The summed E-state index contributed by atoms with van der Waals surface area (Å²) >= 11 is 0. The van der Waals surface area contributed by atoms with Gasteiger partial charge in [0.2, 0.25) is 0 Å². The molecular formula is C48H32N2O. The molecule has 0 atom stereocenters. The van der Waals surface area contributed by atoms with E-state index in [1.54, 1.807) is 0 Å². The number of nitrogens with zero attached hydrogens (tertiary/aromatic N) is 2. The average Bonchev–Trinajstić information content (AvgIpc) is 3.75. The Morgan fingerprint density at radius 3 is 1.45 bits per heavy atom. The average molecular weight is 653 g/mol. The van der Waals surface area contributed by atoms with Crippen LogP contribution in [0, 0.1) is 0 Å². The van der Waals surface area contributed by atoms with Crippen molar-refractivity contribution < 1.29 is 4.42 Å². The van der Waals surface area contributed by atoms with E-state index in [0.29, 0.717) is 0 Å². The molecule has 0 aliphatic carbocycles. The Kier molecular flexibility index (Phi) is 6.81. The normalized spacial score (nSPS) is 11.5. The van der Waals surface area contributed by atoms with Crippen LogP contribution in [0.25, 0.3) is 71.7 Å². The maximum Gasteiger partial charge on any atom is 0.137 e. The van der Waals surface area contributed by atoms with Crippen LogP contribution in [0.1, 0.15) is 0 Å². The molecule has 0 amide bonds. The van der Waals surface area contributed by atoms with Gasteiger partial charge in [-0.05, 0) is 95.1 Å². The molecule has 2 aromatic heterocycles. The van der Waals surface area contributed by atoms with Gasteiger partial charge in [-0.1, -0.05) is 121 Å². The molecule has 0 fully saturated rings. The molecule has 0 saturated heterocycles. The SMILES string of the molecule is c1ccc(-c2ccc(N(c3ccc(-c4ccccc4)cc3)c3ccc(-n4c5ccccc5c5ccc6oc7ccccc7c6c54)cc3)cc2)cc1. The van der Waals surface area contributed by atoms with Crippen LogP contribution < -0.4 is 4.90 Å². The van der Waals surface area contributed by atoms with Crippen LogP contribution in [-0.4, -0.2) is 4.57 Å². The number of para-hydroxylation sites is 2. The van der Waals surface area contributed by atoms with Gasteiger partial charge in [0.1, 0.15) is 11.2 Å². The topological polar surface area (TPSA) is 21.3 Å². The number of hydrogen-bond donors (Lipinski definition) is 0. The molecule has 8 aromatic carbocycles. The highest BCUT2D eigenvalue weighted by Crippen LogP contribution is 2.42. The van der Waals surface area contributed by atoms with E-state index < -0.39 is 0 Å². The van der Waals surface area contributed by atoms with Crippen molar-refractivity contribution in [3.8, 4) is 27.9 Å². The Morgan fingerprint density at radius 1 is 0.353 bits per heavy atom. The molecule has 0 unspecified atom stereocenters. The first-order chi connectivity index (χ1) is 25.3. The van der Waals surface area contributed by atoms with E-state index in [1.807, 2.05) is 6.07 Å². The van der Waals surface area contributed by atoms with Gasteiger partial charge >= 0.3 is 0 Å². The maximum atomic E-state index is 6.35. The summed E-state index contributed by atoms with van der Waals surface area (Å²) in [4.78, 5) is 2.33. The molecule has 0 saturated carbocycles. The summed E-state index contributed by atoms with van der Waals surface area (Å²) in [6.07, 6.45) is 0. The van der Waals surface area contributed by atoms with Crippen molar-refractivity contribution in [2.45, 2.75) is 0 Å². The fourth-order valence-corrected chi connectivity index (χ4v) is 7.60. The minimum Gasteiger partial charge on any atom is -0.456 e. The third-order valence-corrected chi connectivity index (χ3v) is 10.0. The number of furan rings is 1. The molecule has 3 heteroatoms. The van der Waals surface area contributed by atoms with E-state index in [9.17, 15) is 0 Å². The minimum atomic E-state index is 0.897. The highest BCUT2D eigenvalue weighted by atomic mass is 16.3. The van der Waals surface area contributed by atoms with Crippen molar-refractivity contribution in [2.75, 3.05) is 4.90 Å². The molecule has 0 radical (unpaired) electrons. The Labute approximate surface area is 295 Å². The van der Waals surface area contributed by atoms with Crippen LogP contribution in [0.15, 0.2) is 199 Å². The van der Waals surface area contributed by atoms with Crippen LogP contribution in [0.3, 0.4) is 0 Å². The fraction of sp³-hybridized carbons (Fsp3) is 0. The zero-order valence-corrected chi connectivity index (χ0v) is 27.8. The van der Waals surface area contributed by atoms with Crippen molar-refractivity contribution in [1.29, 1.82) is 0 Å². The number of rotatable bonds is 6. The van der Waals surface area contributed by atoms with Crippen LogP contribution in [0.5, 0.6) is 0 Å². The summed E-state index contributed by atoms with van der Waals surface area (Å²) in [7, 11) is 0. The predicted octanol–water partition coefficient (Wildman–Crippen LogP) is 13.5. The zero-order valence-electron chi connectivity index (χ0n) is 27.8. The van der Waals surface area contributed by atoms with Crippen molar-refractivity contribution >= 4 is 60.8 Å². The first-order valence-corrected chi connectivity index (χ1v) is 17.4. The van der Waals surface area contributed by atoms with E-state index in [0.717, 1.165) is 50.2 Å². The number of anilines is 3. The van der Waals surface area contributed by atoms with E-state index in [1.165, 1.54) is 38.5 Å². The van der Waals surface area contributed by atoms with E-state index >= 15 is 0 Å². The lowest BCUT2D eigenvalue weighted by Gasteiger charge is -2.26. The third kappa shape index (κ3) is 4.90. The largest absolute Gasteiger partial charge is 0.456 e. The van der Waals surface area contributed by atoms with Gasteiger partial charge in [0.25, 0.3) is 0 Å². The Hall–Kier alpha value is -6.84. The van der Waals surface area contributed by atoms with Crippen LogP contribution in [-0.2, 0) is 0 Å². The first kappa shape index (κ1) is 29.1. The summed E-state index contributed by atoms with van der Waals surface area (Å²) < 4.78 is 8.74. The second kappa shape index (κ2) is 11.9. The summed E-state index contributed by atoms with van der Waals surface area (Å²) in [6, 6.07) is 69.1. The van der Waals surface area contributed by atoms with Gasteiger partial charge in [0.15, 0.2) is 0 Å². The van der Waals surface area contributed by atoms with Gasteiger partial charge in [0.05, 0.1) is 16.4 Å². The Balaban J connectivity index is 1.12. The molecule has 51 heavy (non-hydrogen) atoms.